The van der Waals surface area contributed by atoms with Gasteiger partial charge in [-0.2, -0.15) is 0 Å². The summed E-state index contributed by atoms with van der Waals surface area (Å²) >= 11 is 2.23. The van der Waals surface area contributed by atoms with Gasteiger partial charge in [0, 0.05) is 11.0 Å². The number of hydrogen-bond donors (Lipinski definition) is 2. The van der Waals surface area contributed by atoms with Gasteiger partial charge in [0.25, 0.3) is 6.47 Å². The van der Waals surface area contributed by atoms with Crippen LogP contribution in [0.3, 0.4) is 0 Å². The molecule has 3 nitrogen and oxygen atoms in total. The average molecular weight is 217 g/mol. The van der Waals surface area contributed by atoms with Gasteiger partial charge in [-0.3, -0.25) is 4.79 Å². The first-order valence-electron chi connectivity index (χ1n) is 1.67. The van der Waals surface area contributed by atoms with Crippen molar-refractivity contribution in [1.82, 2.24) is 0 Å². The molecule has 0 bridgehead atoms. The molecule has 0 amide bonds. The van der Waals surface area contributed by atoms with Crippen molar-refractivity contribution in [3.05, 3.63) is 0 Å². The molecule has 0 aromatic heterocycles. The lowest BCUT2D eigenvalue weighted by molar-refractivity contribution is -0.122. The standard InChI is InChI=1S/C2H6IN.CH2O2/c3-1-2-4;2-1-3/h1-2,4H2;1H,(H,2,3). The number of carboxylic acid groups (broad SMARTS) is 1. The Balaban J connectivity index is 0. The molecule has 4 heteroatoms. The molecule has 0 aromatic carbocycles. The van der Waals surface area contributed by atoms with Crippen LogP contribution in [0.4, 0.5) is 0 Å². The summed E-state index contributed by atoms with van der Waals surface area (Å²) in [5.74, 6) is 0. The molecule has 0 saturated heterocycles. The summed E-state index contributed by atoms with van der Waals surface area (Å²) in [4.78, 5) is 8.36. The van der Waals surface area contributed by atoms with E-state index in [1.807, 2.05) is 0 Å². The van der Waals surface area contributed by atoms with E-state index in [1.54, 1.807) is 0 Å². The Hall–Kier alpha value is 0.160. The van der Waals surface area contributed by atoms with Crippen LogP contribution >= 0.6 is 22.6 Å². The van der Waals surface area contributed by atoms with Gasteiger partial charge in [-0.05, 0) is 0 Å². The highest BCUT2D eigenvalue weighted by atomic mass is 127. The van der Waals surface area contributed by atoms with Gasteiger partial charge in [0.05, 0.1) is 0 Å². The van der Waals surface area contributed by atoms with Gasteiger partial charge in [-0.15, -0.1) is 0 Å². The van der Waals surface area contributed by atoms with Crippen molar-refractivity contribution >= 4 is 29.1 Å². The smallest absolute Gasteiger partial charge is 0.290 e. The van der Waals surface area contributed by atoms with E-state index in [1.165, 1.54) is 0 Å². The normalized spacial score (nSPS) is 6.00. The molecular formula is C3H8INO2. The van der Waals surface area contributed by atoms with E-state index in [-0.39, 0.29) is 6.47 Å². The number of carbonyl (C=O) groups is 1. The van der Waals surface area contributed by atoms with E-state index >= 15 is 0 Å². The Kier molecular flexibility index (Phi) is 23.9. The zero-order chi connectivity index (χ0) is 6.12. The number of hydrogen-bond acceptors (Lipinski definition) is 2. The van der Waals surface area contributed by atoms with E-state index in [4.69, 9.17) is 15.6 Å². The van der Waals surface area contributed by atoms with E-state index in [0.717, 1.165) is 11.0 Å². The van der Waals surface area contributed by atoms with Crippen LogP contribution < -0.4 is 5.73 Å². The quantitative estimate of drug-likeness (QED) is 0.371. The van der Waals surface area contributed by atoms with Gasteiger partial charge in [0.1, 0.15) is 0 Å². The highest BCUT2D eigenvalue weighted by molar-refractivity contribution is 14.1. The van der Waals surface area contributed by atoms with Crippen molar-refractivity contribution in [2.75, 3.05) is 11.0 Å². The second kappa shape index (κ2) is 16.4. The molecule has 7 heavy (non-hydrogen) atoms. The van der Waals surface area contributed by atoms with E-state index in [9.17, 15) is 0 Å². The minimum Gasteiger partial charge on any atom is -0.483 e. The lowest BCUT2D eigenvalue weighted by Gasteiger charge is -1.68. The predicted octanol–water partition coefficient (Wildman–Crippen LogP) is 0.0809. The molecule has 0 heterocycles. The summed E-state index contributed by atoms with van der Waals surface area (Å²) in [5.41, 5.74) is 5.02. The third kappa shape index (κ3) is 79.2. The monoisotopic (exact) mass is 217 g/mol. The van der Waals surface area contributed by atoms with Gasteiger partial charge >= 0.3 is 0 Å². The van der Waals surface area contributed by atoms with Crippen molar-refractivity contribution in [3.63, 3.8) is 0 Å². The summed E-state index contributed by atoms with van der Waals surface area (Å²) in [6, 6.07) is 0. The summed E-state index contributed by atoms with van der Waals surface area (Å²) in [5, 5.41) is 6.89. The SMILES string of the molecule is NCCI.O=CO. The van der Waals surface area contributed by atoms with Gasteiger partial charge < -0.3 is 10.8 Å². The summed E-state index contributed by atoms with van der Waals surface area (Å²) in [7, 11) is 0. The largest absolute Gasteiger partial charge is 0.483 e. The number of alkyl halides is 1. The molecule has 0 aliphatic heterocycles. The van der Waals surface area contributed by atoms with Gasteiger partial charge in [0.2, 0.25) is 0 Å². The fraction of sp³-hybridized carbons (Fsp3) is 0.667. The third-order valence-corrected chi connectivity index (χ3v) is 0.732. The number of nitrogens with two attached hydrogens (primary N) is 1. The number of halogens is 1. The minimum atomic E-state index is -0.250. The van der Waals surface area contributed by atoms with Crippen LogP contribution in [0, 0.1) is 0 Å². The molecule has 44 valence electrons. The van der Waals surface area contributed by atoms with Crippen molar-refractivity contribution in [1.29, 1.82) is 0 Å². The summed E-state index contributed by atoms with van der Waals surface area (Å²) in [6.45, 7) is 0.556. The van der Waals surface area contributed by atoms with Crippen molar-refractivity contribution < 1.29 is 9.90 Å². The second-order valence-corrected chi connectivity index (χ2v) is 1.66. The minimum absolute atomic E-state index is 0.250. The predicted molar refractivity (Wildman–Crippen MR) is 36.6 cm³/mol. The highest BCUT2D eigenvalue weighted by Crippen LogP contribution is 1.69. The Morgan fingerprint density at radius 1 is 1.86 bits per heavy atom. The zero-order valence-corrected chi connectivity index (χ0v) is 5.96. The molecule has 0 atom stereocenters. The first-order chi connectivity index (χ1) is 3.33. The van der Waals surface area contributed by atoms with Gasteiger partial charge in [-0.25, -0.2) is 0 Å². The molecule has 0 rings (SSSR count). The Morgan fingerprint density at radius 2 is 2.00 bits per heavy atom. The molecule has 0 spiro atoms. The maximum Gasteiger partial charge on any atom is 0.290 e. The van der Waals surface area contributed by atoms with Crippen LogP contribution in [0.2, 0.25) is 0 Å². The van der Waals surface area contributed by atoms with E-state index in [2.05, 4.69) is 22.6 Å². The summed E-state index contributed by atoms with van der Waals surface area (Å²) in [6.07, 6.45) is 0. The molecule has 0 aliphatic carbocycles. The van der Waals surface area contributed by atoms with Crippen LogP contribution in [-0.4, -0.2) is 22.6 Å². The maximum atomic E-state index is 8.36. The Morgan fingerprint density at radius 3 is 2.00 bits per heavy atom. The van der Waals surface area contributed by atoms with Crippen LogP contribution in [0.15, 0.2) is 0 Å². The maximum absolute atomic E-state index is 8.36. The van der Waals surface area contributed by atoms with Crippen molar-refractivity contribution in [2.45, 2.75) is 0 Å². The molecule has 0 aliphatic rings. The molecule has 0 unspecified atom stereocenters. The third-order valence-electron chi connectivity index (χ3n) is 0.109. The van der Waals surface area contributed by atoms with Crippen LogP contribution in [0.25, 0.3) is 0 Å². The zero-order valence-electron chi connectivity index (χ0n) is 3.80. The van der Waals surface area contributed by atoms with Gasteiger partial charge in [-0.1, -0.05) is 22.6 Å². The second-order valence-electron chi connectivity index (χ2n) is 0.583. The van der Waals surface area contributed by atoms with E-state index in [0.29, 0.717) is 0 Å². The number of rotatable bonds is 1. The molecule has 3 N–H and O–H groups in total. The van der Waals surface area contributed by atoms with Crippen molar-refractivity contribution in [3.8, 4) is 0 Å². The molecule has 0 fully saturated rings. The molecule has 0 saturated carbocycles. The van der Waals surface area contributed by atoms with Crippen molar-refractivity contribution in [2.24, 2.45) is 5.73 Å². The Labute approximate surface area is 56.0 Å². The van der Waals surface area contributed by atoms with Crippen LogP contribution in [-0.2, 0) is 4.79 Å². The fourth-order valence-corrected chi connectivity index (χ4v) is 0. The highest BCUT2D eigenvalue weighted by Gasteiger charge is 1.57. The summed E-state index contributed by atoms with van der Waals surface area (Å²) < 4.78 is 1.07. The fourth-order valence-electron chi connectivity index (χ4n) is 0. The molecular weight excluding hydrogens is 209 g/mol. The lowest BCUT2D eigenvalue weighted by Crippen LogP contribution is -1.97. The topological polar surface area (TPSA) is 63.3 Å². The Bertz CT molecular complexity index is 32.1. The van der Waals surface area contributed by atoms with Crippen LogP contribution in [0.1, 0.15) is 0 Å². The first-order valence-corrected chi connectivity index (χ1v) is 3.19. The first kappa shape index (κ1) is 10.2. The van der Waals surface area contributed by atoms with Crippen LogP contribution in [0.5, 0.6) is 0 Å². The molecule has 0 radical (unpaired) electrons. The van der Waals surface area contributed by atoms with E-state index < -0.39 is 0 Å². The average Bonchev–Trinajstić information content (AvgIpc) is 1.69. The lowest BCUT2D eigenvalue weighted by atomic mass is 10.8. The molecule has 0 aromatic rings. The van der Waals surface area contributed by atoms with Gasteiger partial charge in [0.15, 0.2) is 0 Å².